The van der Waals surface area contributed by atoms with Crippen LogP contribution in [0.3, 0.4) is 0 Å². The lowest BCUT2D eigenvalue weighted by Crippen LogP contribution is -2.30. The van der Waals surface area contributed by atoms with Crippen molar-refractivity contribution in [2.45, 2.75) is 25.8 Å². The van der Waals surface area contributed by atoms with Crippen molar-refractivity contribution >= 4 is 5.91 Å². The monoisotopic (exact) mass is 250 g/mol. The van der Waals surface area contributed by atoms with Crippen LogP contribution in [0.4, 0.5) is 0 Å². The maximum absolute atomic E-state index is 11.9. The number of carbonyl (C=O) groups is 1. The van der Waals surface area contributed by atoms with Crippen LogP contribution >= 0.6 is 0 Å². The van der Waals surface area contributed by atoms with Crippen molar-refractivity contribution in [2.24, 2.45) is 5.73 Å². The molecule has 0 bridgehead atoms. The number of benzene rings is 1. The molecule has 1 atom stereocenters. The van der Waals surface area contributed by atoms with Crippen LogP contribution in [0.1, 0.15) is 31.4 Å². The first kappa shape index (κ1) is 14.5. The number of nitrogens with two attached hydrogens (primary N) is 1. The van der Waals surface area contributed by atoms with E-state index in [1.54, 1.807) is 12.0 Å². The van der Waals surface area contributed by atoms with Gasteiger partial charge in [0, 0.05) is 19.0 Å². The molecular formula is C14H22N2O2. The van der Waals surface area contributed by atoms with Crippen LogP contribution in [-0.2, 0) is 4.79 Å². The topological polar surface area (TPSA) is 55.6 Å². The SMILES string of the molecule is COc1ccccc1C(C)N(C)C(=O)CCCN. The van der Waals surface area contributed by atoms with Gasteiger partial charge in [-0.25, -0.2) is 0 Å². The highest BCUT2D eigenvalue weighted by atomic mass is 16.5. The van der Waals surface area contributed by atoms with E-state index in [4.69, 9.17) is 10.5 Å². The number of methoxy groups -OCH3 is 1. The van der Waals surface area contributed by atoms with Crippen LogP contribution in [-0.4, -0.2) is 31.5 Å². The largest absolute Gasteiger partial charge is 0.496 e. The molecule has 1 unspecified atom stereocenters. The van der Waals surface area contributed by atoms with E-state index < -0.39 is 0 Å². The van der Waals surface area contributed by atoms with Crippen LogP contribution in [0.5, 0.6) is 5.75 Å². The van der Waals surface area contributed by atoms with Crippen molar-refractivity contribution in [1.29, 1.82) is 0 Å². The van der Waals surface area contributed by atoms with Crippen LogP contribution < -0.4 is 10.5 Å². The van der Waals surface area contributed by atoms with Crippen LogP contribution in [0.15, 0.2) is 24.3 Å². The fourth-order valence-corrected chi connectivity index (χ4v) is 1.87. The fourth-order valence-electron chi connectivity index (χ4n) is 1.87. The maximum atomic E-state index is 11.9. The molecule has 2 N–H and O–H groups in total. The molecule has 0 radical (unpaired) electrons. The summed E-state index contributed by atoms with van der Waals surface area (Å²) >= 11 is 0. The number of hydrogen-bond donors (Lipinski definition) is 1. The summed E-state index contributed by atoms with van der Waals surface area (Å²) < 4.78 is 5.32. The van der Waals surface area contributed by atoms with Gasteiger partial charge in [-0.2, -0.15) is 0 Å². The Hall–Kier alpha value is -1.55. The number of nitrogens with zero attached hydrogens (tertiary/aromatic N) is 1. The molecule has 1 rings (SSSR count). The first-order chi connectivity index (χ1) is 8.61. The van der Waals surface area contributed by atoms with Crippen molar-refractivity contribution < 1.29 is 9.53 Å². The van der Waals surface area contributed by atoms with Gasteiger partial charge in [-0.05, 0) is 26.0 Å². The lowest BCUT2D eigenvalue weighted by molar-refractivity contribution is -0.131. The van der Waals surface area contributed by atoms with Gasteiger partial charge < -0.3 is 15.4 Å². The molecule has 1 aromatic carbocycles. The van der Waals surface area contributed by atoms with Gasteiger partial charge in [0.2, 0.25) is 5.91 Å². The molecule has 0 spiro atoms. The predicted molar refractivity (Wildman–Crippen MR) is 72.5 cm³/mol. The fraction of sp³-hybridized carbons (Fsp3) is 0.500. The zero-order chi connectivity index (χ0) is 13.5. The van der Waals surface area contributed by atoms with E-state index in [1.165, 1.54) is 0 Å². The molecule has 0 heterocycles. The predicted octanol–water partition coefficient (Wildman–Crippen LogP) is 1.95. The molecule has 0 aliphatic carbocycles. The Balaban J connectivity index is 2.79. The van der Waals surface area contributed by atoms with E-state index >= 15 is 0 Å². The van der Waals surface area contributed by atoms with Crippen molar-refractivity contribution in [1.82, 2.24) is 4.90 Å². The molecule has 1 aromatic rings. The molecular weight excluding hydrogens is 228 g/mol. The molecule has 1 amide bonds. The summed E-state index contributed by atoms with van der Waals surface area (Å²) in [5.41, 5.74) is 6.44. The second kappa shape index (κ2) is 7.01. The Kier molecular flexibility index (Phi) is 5.65. The van der Waals surface area contributed by atoms with Gasteiger partial charge in [0.05, 0.1) is 13.2 Å². The smallest absolute Gasteiger partial charge is 0.222 e. The van der Waals surface area contributed by atoms with Crippen molar-refractivity contribution in [3.63, 3.8) is 0 Å². The lowest BCUT2D eigenvalue weighted by atomic mass is 10.1. The molecule has 18 heavy (non-hydrogen) atoms. The van der Waals surface area contributed by atoms with Gasteiger partial charge in [-0.3, -0.25) is 4.79 Å². The number of amides is 1. The Morgan fingerprint density at radius 3 is 2.72 bits per heavy atom. The van der Waals surface area contributed by atoms with Gasteiger partial charge in [0.25, 0.3) is 0 Å². The number of hydrogen-bond acceptors (Lipinski definition) is 3. The van der Waals surface area contributed by atoms with E-state index in [1.807, 2.05) is 38.2 Å². The summed E-state index contributed by atoms with van der Waals surface area (Å²) in [6.07, 6.45) is 1.22. The summed E-state index contributed by atoms with van der Waals surface area (Å²) in [5, 5.41) is 0. The minimum Gasteiger partial charge on any atom is -0.496 e. The summed E-state index contributed by atoms with van der Waals surface area (Å²) in [6, 6.07) is 7.75. The standard InChI is InChI=1S/C14H22N2O2/c1-11(16(2)14(17)9-6-10-15)12-7-4-5-8-13(12)18-3/h4-5,7-8,11H,6,9-10,15H2,1-3H3. The van der Waals surface area contributed by atoms with Crippen molar-refractivity contribution in [3.05, 3.63) is 29.8 Å². The summed E-state index contributed by atoms with van der Waals surface area (Å²) in [4.78, 5) is 13.7. The number of rotatable bonds is 6. The number of ether oxygens (including phenoxy) is 1. The van der Waals surface area contributed by atoms with Gasteiger partial charge >= 0.3 is 0 Å². The average molecular weight is 250 g/mol. The molecule has 0 fully saturated rings. The Labute approximate surface area is 109 Å². The first-order valence-electron chi connectivity index (χ1n) is 6.20. The summed E-state index contributed by atoms with van der Waals surface area (Å²) in [5.74, 6) is 0.919. The van der Waals surface area contributed by atoms with E-state index in [2.05, 4.69) is 0 Å². The second-order valence-corrected chi connectivity index (χ2v) is 4.31. The molecule has 4 heteroatoms. The third-order valence-electron chi connectivity index (χ3n) is 3.16. The highest BCUT2D eigenvalue weighted by molar-refractivity contribution is 5.76. The first-order valence-corrected chi connectivity index (χ1v) is 6.20. The minimum absolute atomic E-state index is 0.00794. The third-order valence-corrected chi connectivity index (χ3v) is 3.16. The van der Waals surface area contributed by atoms with Crippen molar-refractivity contribution in [2.75, 3.05) is 20.7 Å². The average Bonchev–Trinajstić information content (AvgIpc) is 2.42. The van der Waals surface area contributed by atoms with Gasteiger partial charge in [0.15, 0.2) is 0 Å². The molecule has 100 valence electrons. The van der Waals surface area contributed by atoms with Crippen LogP contribution in [0, 0.1) is 0 Å². The molecule has 0 saturated carbocycles. The second-order valence-electron chi connectivity index (χ2n) is 4.31. The molecule has 0 saturated heterocycles. The summed E-state index contributed by atoms with van der Waals surface area (Å²) in [7, 11) is 3.46. The van der Waals surface area contributed by atoms with Gasteiger partial charge in [-0.1, -0.05) is 18.2 Å². The Bertz CT molecular complexity index is 393. The third kappa shape index (κ3) is 3.47. The molecule has 0 aliphatic heterocycles. The molecule has 0 aliphatic rings. The van der Waals surface area contributed by atoms with Crippen LogP contribution in [0.25, 0.3) is 0 Å². The highest BCUT2D eigenvalue weighted by Crippen LogP contribution is 2.28. The number of para-hydroxylation sites is 1. The Morgan fingerprint density at radius 1 is 1.44 bits per heavy atom. The van der Waals surface area contributed by atoms with Gasteiger partial charge in [-0.15, -0.1) is 0 Å². The lowest BCUT2D eigenvalue weighted by Gasteiger charge is -2.26. The van der Waals surface area contributed by atoms with E-state index in [9.17, 15) is 4.79 Å². The van der Waals surface area contributed by atoms with E-state index in [0.29, 0.717) is 13.0 Å². The maximum Gasteiger partial charge on any atom is 0.222 e. The highest BCUT2D eigenvalue weighted by Gasteiger charge is 2.19. The van der Waals surface area contributed by atoms with Gasteiger partial charge in [0.1, 0.15) is 5.75 Å². The minimum atomic E-state index is -0.00794. The zero-order valence-electron chi connectivity index (χ0n) is 11.3. The quantitative estimate of drug-likeness (QED) is 0.839. The number of carbonyl (C=O) groups excluding carboxylic acids is 1. The molecule has 4 nitrogen and oxygen atoms in total. The summed E-state index contributed by atoms with van der Waals surface area (Å²) in [6.45, 7) is 2.54. The van der Waals surface area contributed by atoms with Crippen LogP contribution in [0.2, 0.25) is 0 Å². The Morgan fingerprint density at radius 2 is 2.11 bits per heavy atom. The van der Waals surface area contributed by atoms with E-state index in [0.717, 1.165) is 17.7 Å². The van der Waals surface area contributed by atoms with Crippen molar-refractivity contribution in [3.8, 4) is 5.75 Å². The molecule has 0 aromatic heterocycles. The van der Waals surface area contributed by atoms with E-state index in [-0.39, 0.29) is 11.9 Å². The normalized spacial score (nSPS) is 12.0. The zero-order valence-corrected chi connectivity index (χ0v) is 11.3.